The van der Waals surface area contributed by atoms with Gasteiger partial charge in [-0.1, -0.05) is 27.7 Å². The van der Waals surface area contributed by atoms with Crippen LogP contribution in [-0.4, -0.2) is 22.4 Å². The van der Waals surface area contributed by atoms with Crippen molar-refractivity contribution < 1.29 is 0 Å². The number of halogens is 1. The van der Waals surface area contributed by atoms with Crippen LogP contribution in [0.5, 0.6) is 0 Å². The van der Waals surface area contributed by atoms with Gasteiger partial charge in [0.1, 0.15) is 0 Å². The SMILES string of the molecule is CCCNC(Cc1c(Br)c(CC)nn1C)C(C)C. The van der Waals surface area contributed by atoms with Gasteiger partial charge >= 0.3 is 0 Å². The molecule has 0 fully saturated rings. The Hall–Kier alpha value is -0.350. The smallest absolute Gasteiger partial charge is 0.0766 e. The Kier molecular flexibility index (Phi) is 6.36. The van der Waals surface area contributed by atoms with Crippen molar-refractivity contribution in [2.45, 2.75) is 53.0 Å². The van der Waals surface area contributed by atoms with E-state index in [-0.39, 0.29) is 0 Å². The van der Waals surface area contributed by atoms with Gasteiger partial charge in [0.05, 0.1) is 15.9 Å². The number of hydrogen-bond acceptors (Lipinski definition) is 2. The zero-order chi connectivity index (χ0) is 13.7. The Morgan fingerprint density at radius 1 is 1.33 bits per heavy atom. The molecular weight excluding hydrogens is 290 g/mol. The monoisotopic (exact) mass is 315 g/mol. The summed E-state index contributed by atoms with van der Waals surface area (Å²) in [7, 11) is 2.04. The summed E-state index contributed by atoms with van der Waals surface area (Å²) in [6.07, 6.45) is 3.18. The Bertz CT molecular complexity index is 371. The standard InChI is InChI=1S/C14H26BrN3/c1-6-8-16-12(10(3)4)9-13-14(15)11(7-2)17-18(13)5/h10,12,16H,6-9H2,1-5H3. The summed E-state index contributed by atoms with van der Waals surface area (Å²) in [5, 5.41) is 8.20. The van der Waals surface area contributed by atoms with Crippen LogP contribution >= 0.6 is 15.9 Å². The van der Waals surface area contributed by atoms with E-state index in [1.807, 2.05) is 11.7 Å². The van der Waals surface area contributed by atoms with Crippen molar-refractivity contribution >= 4 is 15.9 Å². The van der Waals surface area contributed by atoms with E-state index in [0.29, 0.717) is 12.0 Å². The topological polar surface area (TPSA) is 29.9 Å². The fourth-order valence-electron chi connectivity index (χ4n) is 2.12. The maximum absolute atomic E-state index is 4.56. The van der Waals surface area contributed by atoms with Crippen LogP contribution in [0.3, 0.4) is 0 Å². The molecule has 18 heavy (non-hydrogen) atoms. The summed E-state index contributed by atoms with van der Waals surface area (Å²) in [5.74, 6) is 0.628. The van der Waals surface area contributed by atoms with E-state index in [9.17, 15) is 0 Å². The second-order valence-corrected chi connectivity index (χ2v) is 5.99. The maximum Gasteiger partial charge on any atom is 0.0766 e. The first-order valence-electron chi connectivity index (χ1n) is 6.94. The van der Waals surface area contributed by atoms with Gasteiger partial charge in [-0.25, -0.2) is 0 Å². The highest BCUT2D eigenvalue weighted by atomic mass is 79.9. The summed E-state index contributed by atoms with van der Waals surface area (Å²) in [6, 6.07) is 0.515. The molecule has 1 atom stereocenters. The van der Waals surface area contributed by atoms with Gasteiger partial charge in [-0.15, -0.1) is 0 Å². The molecule has 0 aromatic carbocycles. The molecule has 1 heterocycles. The summed E-state index contributed by atoms with van der Waals surface area (Å²) in [6.45, 7) is 9.99. The van der Waals surface area contributed by atoms with Gasteiger partial charge in [-0.05, 0) is 41.2 Å². The lowest BCUT2D eigenvalue weighted by molar-refractivity contribution is 0.389. The lowest BCUT2D eigenvalue weighted by atomic mass is 9.99. The maximum atomic E-state index is 4.56. The molecule has 0 saturated carbocycles. The zero-order valence-corrected chi connectivity index (χ0v) is 13.8. The molecule has 1 aromatic rings. The van der Waals surface area contributed by atoms with Gasteiger partial charge in [0.2, 0.25) is 0 Å². The third-order valence-electron chi connectivity index (χ3n) is 3.38. The first-order valence-corrected chi connectivity index (χ1v) is 7.74. The number of rotatable bonds is 7. The summed E-state index contributed by atoms with van der Waals surface area (Å²) in [4.78, 5) is 0. The van der Waals surface area contributed by atoms with Crippen molar-refractivity contribution in [3.8, 4) is 0 Å². The Morgan fingerprint density at radius 3 is 2.44 bits per heavy atom. The highest BCUT2D eigenvalue weighted by Crippen LogP contribution is 2.24. The van der Waals surface area contributed by atoms with Crippen LogP contribution in [0.25, 0.3) is 0 Å². The fraction of sp³-hybridized carbons (Fsp3) is 0.786. The number of aromatic nitrogens is 2. The van der Waals surface area contributed by atoms with Crippen molar-refractivity contribution in [1.29, 1.82) is 0 Å². The largest absolute Gasteiger partial charge is 0.313 e. The Balaban J connectivity index is 2.83. The van der Waals surface area contributed by atoms with E-state index in [1.165, 1.54) is 16.6 Å². The molecule has 0 amide bonds. The van der Waals surface area contributed by atoms with Gasteiger partial charge in [0.15, 0.2) is 0 Å². The quantitative estimate of drug-likeness (QED) is 0.836. The number of aryl methyl sites for hydroxylation is 2. The average Bonchev–Trinajstić information content (AvgIpc) is 2.60. The van der Waals surface area contributed by atoms with Crippen LogP contribution in [0.4, 0.5) is 0 Å². The minimum atomic E-state index is 0.515. The first kappa shape index (κ1) is 15.7. The molecule has 0 aliphatic heterocycles. The molecule has 0 spiro atoms. The van der Waals surface area contributed by atoms with Crippen LogP contribution in [0.1, 0.15) is 45.5 Å². The molecule has 0 radical (unpaired) electrons. The molecule has 0 aliphatic carbocycles. The highest BCUT2D eigenvalue weighted by molar-refractivity contribution is 9.10. The van der Waals surface area contributed by atoms with Crippen LogP contribution in [-0.2, 0) is 19.9 Å². The highest BCUT2D eigenvalue weighted by Gasteiger charge is 2.19. The van der Waals surface area contributed by atoms with Crippen LogP contribution in [0.2, 0.25) is 0 Å². The second-order valence-electron chi connectivity index (χ2n) is 5.19. The van der Waals surface area contributed by atoms with Crippen molar-refractivity contribution in [2.24, 2.45) is 13.0 Å². The number of nitrogens with one attached hydrogen (secondary N) is 1. The van der Waals surface area contributed by atoms with E-state index in [2.05, 4.69) is 54.0 Å². The van der Waals surface area contributed by atoms with Gasteiger partial charge in [-0.3, -0.25) is 4.68 Å². The van der Waals surface area contributed by atoms with Crippen LogP contribution in [0.15, 0.2) is 4.47 Å². The van der Waals surface area contributed by atoms with E-state index in [4.69, 9.17) is 0 Å². The van der Waals surface area contributed by atoms with Crippen molar-refractivity contribution in [2.75, 3.05) is 6.54 Å². The number of hydrogen-bond donors (Lipinski definition) is 1. The molecule has 1 aromatic heterocycles. The molecule has 0 saturated heterocycles. The lowest BCUT2D eigenvalue weighted by Crippen LogP contribution is -2.36. The predicted molar refractivity (Wildman–Crippen MR) is 80.9 cm³/mol. The molecule has 0 aliphatic rings. The molecule has 0 bridgehead atoms. The van der Waals surface area contributed by atoms with E-state index in [0.717, 1.165) is 25.1 Å². The van der Waals surface area contributed by atoms with E-state index in [1.54, 1.807) is 0 Å². The summed E-state index contributed by atoms with van der Waals surface area (Å²) < 4.78 is 3.21. The zero-order valence-electron chi connectivity index (χ0n) is 12.3. The van der Waals surface area contributed by atoms with Crippen molar-refractivity contribution in [3.05, 3.63) is 15.9 Å². The molecule has 1 N–H and O–H groups in total. The Morgan fingerprint density at radius 2 is 2.00 bits per heavy atom. The van der Waals surface area contributed by atoms with Crippen molar-refractivity contribution in [1.82, 2.24) is 15.1 Å². The third-order valence-corrected chi connectivity index (χ3v) is 4.29. The van der Waals surface area contributed by atoms with Gasteiger partial charge in [0.25, 0.3) is 0 Å². The van der Waals surface area contributed by atoms with Gasteiger partial charge < -0.3 is 5.32 Å². The predicted octanol–water partition coefficient (Wildman–Crippen LogP) is 3.31. The van der Waals surface area contributed by atoms with E-state index >= 15 is 0 Å². The van der Waals surface area contributed by atoms with E-state index < -0.39 is 0 Å². The van der Waals surface area contributed by atoms with Gasteiger partial charge in [0, 0.05) is 19.5 Å². The minimum absolute atomic E-state index is 0.515. The van der Waals surface area contributed by atoms with Crippen molar-refractivity contribution in [3.63, 3.8) is 0 Å². The van der Waals surface area contributed by atoms with Crippen LogP contribution < -0.4 is 5.32 Å². The molecule has 104 valence electrons. The molecular formula is C14H26BrN3. The second kappa shape index (κ2) is 7.29. The van der Waals surface area contributed by atoms with Crippen LogP contribution in [0, 0.1) is 5.92 Å². The summed E-state index contributed by atoms with van der Waals surface area (Å²) >= 11 is 3.70. The normalized spacial score (nSPS) is 13.3. The first-order chi connectivity index (χ1) is 8.51. The average molecular weight is 316 g/mol. The molecule has 1 unspecified atom stereocenters. The molecule has 3 nitrogen and oxygen atoms in total. The Labute approximate surface area is 119 Å². The molecule has 4 heteroatoms. The molecule has 1 rings (SSSR count). The van der Waals surface area contributed by atoms with Gasteiger partial charge in [-0.2, -0.15) is 5.10 Å². The third kappa shape index (κ3) is 3.82. The lowest BCUT2D eigenvalue weighted by Gasteiger charge is -2.22. The summed E-state index contributed by atoms with van der Waals surface area (Å²) in [5.41, 5.74) is 2.46. The minimum Gasteiger partial charge on any atom is -0.313 e. The number of nitrogens with zero attached hydrogens (tertiary/aromatic N) is 2. The fourth-order valence-corrected chi connectivity index (χ4v) is 2.90.